The van der Waals surface area contributed by atoms with Gasteiger partial charge in [-0.3, -0.25) is 4.79 Å². The van der Waals surface area contributed by atoms with Crippen LogP contribution < -0.4 is 0 Å². The van der Waals surface area contributed by atoms with Crippen LogP contribution in [0.2, 0.25) is 0 Å². The minimum atomic E-state index is -1.29. The largest absolute Gasteiger partial charge is 0.480 e. The highest BCUT2D eigenvalue weighted by atomic mass is 16.4. The highest BCUT2D eigenvalue weighted by Crippen LogP contribution is 2.23. The van der Waals surface area contributed by atoms with Gasteiger partial charge in [-0.15, -0.1) is 0 Å². The topological polar surface area (TPSA) is 77.8 Å². The van der Waals surface area contributed by atoms with E-state index >= 15 is 0 Å². The predicted octanol–water partition coefficient (Wildman–Crippen LogP) is 0.796. The molecule has 0 aliphatic carbocycles. The fraction of sp³-hybridized carbons (Fsp3) is 0.385. The van der Waals surface area contributed by atoms with Crippen molar-refractivity contribution >= 4 is 11.9 Å². The SMILES string of the molecule is O=C(O)[C@@H]1CCCN1C(=O)[C@@H](O)c1ccccc1. The van der Waals surface area contributed by atoms with Crippen molar-refractivity contribution in [1.82, 2.24) is 4.90 Å². The Bertz CT molecular complexity index is 446. The first-order valence-corrected chi connectivity index (χ1v) is 5.87. The van der Waals surface area contributed by atoms with Gasteiger partial charge in [-0.05, 0) is 18.4 Å². The van der Waals surface area contributed by atoms with Crippen molar-refractivity contribution in [3.05, 3.63) is 35.9 Å². The van der Waals surface area contributed by atoms with Crippen molar-refractivity contribution in [2.45, 2.75) is 25.0 Å². The maximum atomic E-state index is 12.1. The number of carbonyl (C=O) groups is 2. The first-order chi connectivity index (χ1) is 8.61. The number of rotatable bonds is 3. The summed E-state index contributed by atoms with van der Waals surface area (Å²) in [7, 11) is 0. The number of benzene rings is 1. The second-order valence-electron chi connectivity index (χ2n) is 4.34. The zero-order valence-corrected chi connectivity index (χ0v) is 9.82. The molecule has 1 amide bonds. The predicted molar refractivity (Wildman–Crippen MR) is 63.8 cm³/mol. The van der Waals surface area contributed by atoms with Crippen LogP contribution in [-0.4, -0.2) is 39.6 Å². The molecular weight excluding hydrogens is 234 g/mol. The highest BCUT2D eigenvalue weighted by Gasteiger charge is 2.36. The third-order valence-electron chi connectivity index (χ3n) is 3.17. The third-order valence-corrected chi connectivity index (χ3v) is 3.17. The molecule has 2 N–H and O–H groups in total. The number of aliphatic hydroxyl groups is 1. The molecule has 1 aromatic carbocycles. The van der Waals surface area contributed by atoms with Gasteiger partial charge in [-0.2, -0.15) is 0 Å². The molecule has 5 heteroatoms. The van der Waals surface area contributed by atoms with E-state index in [4.69, 9.17) is 5.11 Å². The lowest BCUT2D eigenvalue weighted by atomic mass is 10.1. The van der Waals surface area contributed by atoms with Crippen molar-refractivity contribution in [3.8, 4) is 0 Å². The Morgan fingerprint density at radius 3 is 2.56 bits per heavy atom. The Morgan fingerprint density at radius 2 is 1.94 bits per heavy atom. The van der Waals surface area contributed by atoms with Crippen LogP contribution in [0.25, 0.3) is 0 Å². The summed E-state index contributed by atoms with van der Waals surface area (Å²) in [6.45, 7) is 0.389. The Labute approximate surface area is 105 Å². The van der Waals surface area contributed by atoms with E-state index in [1.165, 1.54) is 4.90 Å². The van der Waals surface area contributed by atoms with Crippen LogP contribution in [0.15, 0.2) is 30.3 Å². The number of aliphatic carboxylic acids is 1. The average Bonchev–Trinajstić information content (AvgIpc) is 2.87. The zero-order chi connectivity index (χ0) is 13.1. The summed E-state index contributed by atoms with van der Waals surface area (Å²) >= 11 is 0. The molecule has 1 aliphatic rings. The maximum absolute atomic E-state index is 12.1. The lowest BCUT2D eigenvalue weighted by molar-refractivity contribution is -0.152. The molecule has 2 rings (SSSR count). The third kappa shape index (κ3) is 2.36. The molecule has 0 aromatic heterocycles. The first-order valence-electron chi connectivity index (χ1n) is 5.87. The quantitative estimate of drug-likeness (QED) is 0.830. The number of amides is 1. The maximum Gasteiger partial charge on any atom is 0.326 e. The van der Waals surface area contributed by atoms with Crippen molar-refractivity contribution in [2.75, 3.05) is 6.54 Å². The van der Waals surface area contributed by atoms with E-state index in [9.17, 15) is 14.7 Å². The normalized spacial score (nSPS) is 20.7. The van der Waals surface area contributed by atoms with Crippen molar-refractivity contribution in [3.63, 3.8) is 0 Å². The summed E-state index contributed by atoms with van der Waals surface area (Å²) in [5.74, 6) is -1.55. The van der Waals surface area contributed by atoms with E-state index in [-0.39, 0.29) is 0 Å². The van der Waals surface area contributed by atoms with Gasteiger partial charge in [0.1, 0.15) is 6.04 Å². The lowest BCUT2D eigenvalue weighted by Gasteiger charge is -2.24. The van der Waals surface area contributed by atoms with Gasteiger partial charge in [0.05, 0.1) is 0 Å². The Balaban J connectivity index is 2.14. The minimum absolute atomic E-state index is 0.389. The number of carboxylic acid groups (broad SMARTS) is 1. The molecule has 96 valence electrons. The van der Waals surface area contributed by atoms with Crippen LogP contribution in [0.5, 0.6) is 0 Å². The number of carboxylic acids is 1. The number of carbonyl (C=O) groups excluding carboxylic acids is 1. The zero-order valence-electron chi connectivity index (χ0n) is 9.82. The summed E-state index contributed by atoms with van der Waals surface area (Å²) in [6, 6.07) is 7.73. The van der Waals surface area contributed by atoms with E-state index < -0.39 is 24.0 Å². The molecule has 1 saturated heterocycles. The lowest BCUT2D eigenvalue weighted by Crippen LogP contribution is -2.42. The summed E-state index contributed by atoms with van der Waals surface area (Å²) < 4.78 is 0. The van der Waals surface area contributed by atoms with Gasteiger partial charge in [0.15, 0.2) is 6.10 Å². The molecule has 2 atom stereocenters. The summed E-state index contributed by atoms with van der Waals surface area (Å²) in [4.78, 5) is 24.3. The second-order valence-corrected chi connectivity index (χ2v) is 4.34. The van der Waals surface area contributed by atoms with Gasteiger partial charge in [0.25, 0.3) is 5.91 Å². The molecule has 1 aromatic rings. The van der Waals surface area contributed by atoms with Crippen LogP contribution in [0.3, 0.4) is 0 Å². The Kier molecular flexibility index (Phi) is 3.62. The van der Waals surface area contributed by atoms with Crippen LogP contribution in [0.1, 0.15) is 24.5 Å². The number of aliphatic hydroxyl groups excluding tert-OH is 1. The first kappa shape index (κ1) is 12.6. The van der Waals surface area contributed by atoms with Gasteiger partial charge < -0.3 is 15.1 Å². The van der Waals surface area contributed by atoms with Crippen LogP contribution in [-0.2, 0) is 9.59 Å². The van der Waals surface area contributed by atoms with Gasteiger partial charge in [-0.25, -0.2) is 4.79 Å². The molecule has 0 spiro atoms. The van der Waals surface area contributed by atoms with E-state index in [1.807, 2.05) is 0 Å². The van der Waals surface area contributed by atoms with E-state index in [0.717, 1.165) is 0 Å². The van der Waals surface area contributed by atoms with E-state index in [1.54, 1.807) is 30.3 Å². The second kappa shape index (κ2) is 5.18. The van der Waals surface area contributed by atoms with Crippen LogP contribution >= 0.6 is 0 Å². The molecule has 0 unspecified atom stereocenters. The van der Waals surface area contributed by atoms with E-state index in [2.05, 4.69) is 0 Å². The number of likely N-dealkylation sites (tertiary alicyclic amines) is 1. The number of hydrogen-bond donors (Lipinski definition) is 2. The molecule has 1 heterocycles. The van der Waals surface area contributed by atoms with Gasteiger partial charge in [-0.1, -0.05) is 30.3 Å². The van der Waals surface area contributed by atoms with Crippen molar-refractivity contribution in [1.29, 1.82) is 0 Å². The standard InChI is InChI=1S/C13H15NO4/c15-11(9-5-2-1-3-6-9)12(16)14-8-4-7-10(14)13(17)18/h1-3,5-6,10-11,15H,4,7-8H2,(H,17,18)/t10-,11-/m0/s1. The molecule has 1 fully saturated rings. The number of nitrogens with zero attached hydrogens (tertiary/aromatic N) is 1. The summed E-state index contributed by atoms with van der Waals surface area (Å²) in [5.41, 5.74) is 0.485. The van der Waals surface area contributed by atoms with Gasteiger partial charge >= 0.3 is 5.97 Å². The monoisotopic (exact) mass is 249 g/mol. The summed E-state index contributed by atoms with van der Waals surface area (Å²) in [5, 5.41) is 19.0. The minimum Gasteiger partial charge on any atom is -0.480 e. The van der Waals surface area contributed by atoms with Crippen LogP contribution in [0, 0.1) is 0 Å². The van der Waals surface area contributed by atoms with Gasteiger partial charge in [0, 0.05) is 6.54 Å². The van der Waals surface area contributed by atoms with E-state index in [0.29, 0.717) is 24.9 Å². The fourth-order valence-corrected chi connectivity index (χ4v) is 2.22. The van der Waals surface area contributed by atoms with Crippen molar-refractivity contribution < 1.29 is 19.8 Å². The molecule has 5 nitrogen and oxygen atoms in total. The van der Waals surface area contributed by atoms with Crippen LogP contribution in [0.4, 0.5) is 0 Å². The van der Waals surface area contributed by atoms with Gasteiger partial charge in [0.2, 0.25) is 0 Å². The molecule has 18 heavy (non-hydrogen) atoms. The molecule has 1 aliphatic heterocycles. The van der Waals surface area contributed by atoms with Crippen molar-refractivity contribution in [2.24, 2.45) is 0 Å². The smallest absolute Gasteiger partial charge is 0.326 e. The molecule has 0 saturated carbocycles. The fourth-order valence-electron chi connectivity index (χ4n) is 2.22. The molecule has 0 bridgehead atoms. The molecular formula is C13H15NO4. The number of hydrogen-bond acceptors (Lipinski definition) is 3. The summed E-state index contributed by atoms with van der Waals surface area (Å²) in [6.07, 6.45) is -0.182. The Morgan fingerprint density at radius 1 is 1.28 bits per heavy atom. The Hall–Kier alpha value is -1.88. The highest BCUT2D eigenvalue weighted by molar-refractivity contribution is 5.87. The average molecular weight is 249 g/mol. The molecule has 0 radical (unpaired) electrons.